The number of benzene rings is 1. The normalized spacial score (nSPS) is 10.8. The van der Waals surface area contributed by atoms with Crippen molar-refractivity contribution in [3.05, 3.63) is 35.4 Å². The Kier molecular flexibility index (Phi) is 6.17. The first-order valence-corrected chi connectivity index (χ1v) is 6.32. The van der Waals surface area contributed by atoms with Gasteiger partial charge in [-0.05, 0) is 30.2 Å². The highest BCUT2D eigenvalue weighted by Gasteiger charge is 2.03. The molecule has 19 heavy (non-hydrogen) atoms. The number of primary amides is 1. The van der Waals surface area contributed by atoms with E-state index >= 15 is 0 Å². The van der Waals surface area contributed by atoms with Crippen molar-refractivity contribution in [2.45, 2.75) is 26.2 Å². The van der Waals surface area contributed by atoms with E-state index in [-0.39, 0.29) is 5.57 Å². The van der Waals surface area contributed by atoms with Gasteiger partial charge in [-0.3, -0.25) is 4.79 Å². The number of nitrogens with two attached hydrogens (primary N) is 1. The molecule has 0 bridgehead atoms. The highest BCUT2D eigenvalue weighted by atomic mass is 16.5. The summed E-state index contributed by atoms with van der Waals surface area (Å²) in [5.41, 5.74) is 5.75. The fourth-order valence-electron chi connectivity index (χ4n) is 1.53. The van der Waals surface area contributed by atoms with Gasteiger partial charge in [-0.2, -0.15) is 5.26 Å². The average molecular weight is 258 g/mol. The van der Waals surface area contributed by atoms with Crippen LogP contribution >= 0.6 is 0 Å². The van der Waals surface area contributed by atoms with E-state index < -0.39 is 5.91 Å². The lowest BCUT2D eigenvalue weighted by Crippen LogP contribution is -2.12. The van der Waals surface area contributed by atoms with E-state index in [2.05, 4.69) is 6.92 Å². The van der Waals surface area contributed by atoms with Crippen molar-refractivity contribution in [2.75, 3.05) is 6.61 Å². The first-order valence-electron chi connectivity index (χ1n) is 6.32. The largest absolute Gasteiger partial charge is 0.494 e. The molecular weight excluding hydrogens is 240 g/mol. The fraction of sp³-hybridized carbons (Fsp3) is 0.333. The summed E-state index contributed by atoms with van der Waals surface area (Å²) >= 11 is 0. The third kappa shape index (κ3) is 5.26. The van der Waals surface area contributed by atoms with Gasteiger partial charge in [0.2, 0.25) is 0 Å². The predicted octanol–water partition coefficient (Wildman–Crippen LogP) is 2.65. The summed E-state index contributed by atoms with van der Waals surface area (Å²) in [6.07, 6.45) is 4.82. The highest BCUT2D eigenvalue weighted by Crippen LogP contribution is 2.15. The Balaban J connectivity index is 2.61. The van der Waals surface area contributed by atoms with Gasteiger partial charge in [-0.25, -0.2) is 0 Å². The Morgan fingerprint density at radius 2 is 2.05 bits per heavy atom. The van der Waals surface area contributed by atoms with Crippen LogP contribution in [-0.2, 0) is 4.79 Å². The van der Waals surface area contributed by atoms with E-state index in [1.165, 1.54) is 6.08 Å². The lowest BCUT2D eigenvalue weighted by molar-refractivity contribution is -0.114. The molecule has 0 unspecified atom stereocenters. The van der Waals surface area contributed by atoms with Crippen LogP contribution in [0.5, 0.6) is 5.75 Å². The molecule has 1 aromatic rings. The van der Waals surface area contributed by atoms with Crippen molar-refractivity contribution in [1.82, 2.24) is 0 Å². The van der Waals surface area contributed by atoms with Gasteiger partial charge in [-0.1, -0.05) is 31.9 Å². The minimum Gasteiger partial charge on any atom is -0.494 e. The lowest BCUT2D eigenvalue weighted by atomic mass is 10.1. The smallest absolute Gasteiger partial charge is 0.259 e. The zero-order valence-corrected chi connectivity index (χ0v) is 11.1. The molecular formula is C15H18N2O2. The number of carbonyl (C=O) groups excluding carboxylic acids is 1. The molecule has 0 fully saturated rings. The van der Waals surface area contributed by atoms with Gasteiger partial charge in [0, 0.05) is 0 Å². The second-order valence-electron chi connectivity index (χ2n) is 4.16. The number of hydrogen-bond donors (Lipinski definition) is 1. The van der Waals surface area contributed by atoms with Gasteiger partial charge in [-0.15, -0.1) is 0 Å². The zero-order valence-electron chi connectivity index (χ0n) is 11.1. The van der Waals surface area contributed by atoms with Crippen molar-refractivity contribution in [3.8, 4) is 11.8 Å². The molecule has 0 aliphatic carbocycles. The molecule has 100 valence electrons. The summed E-state index contributed by atoms with van der Waals surface area (Å²) in [5, 5.41) is 8.74. The molecule has 2 N–H and O–H groups in total. The van der Waals surface area contributed by atoms with Crippen LogP contribution in [-0.4, -0.2) is 12.5 Å². The number of nitrogens with zero attached hydrogens (tertiary/aromatic N) is 1. The summed E-state index contributed by atoms with van der Waals surface area (Å²) < 4.78 is 5.56. The van der Waals surface area contributed by atoms with Crippen molar-refractivity contribution in [1.29, 1.82) is 5.26 Å². The van der Waals surface area contributed by atoms with Crippen LogP contribution in [0, 0.1) is 11.3 Å². The van der Waals surface area contributed by atoms with Crippen molar-refractivity contribution >= 4 is 12.0 Å². The van der Waals surface area contributed by atoms with Crippen LogP contribution in [0.4, 0.5) is 0 Å². The molecule has 0 saturated heterocycles. The van der Waals surface area contributed by atoms with Gasteiger partial charge in [0.1, 0.15) is 17.4 Å². The number of amides is 1. The van der Waals surface area contributed by atoms with Gasteiger partial charge in [0.05, 0.1) is 6.61 Å². The molecule has 0 aliphatic rings. The van der Waals surface area contributed by atoms with E-state index in [1.54, 1.807) is 18.2 Å². The summed E-state index contributed by atoms with van der Waals surface area (Å²) in [6, 6.07) is 8.97. The zero-order chi connectivity index (χ0) is 14.1. The van der Waals surface area contributed by atoms with Gasteiger partial charge >= 0.3 is 0 Å². The minimum atomic E-state index is -0.720. The lowest BCUT2D eigenvalue weighted by Gasteiger charge is -2.05. The fourth-order valence-corrected chi connectivity index (χ4v) is 1.53. The Bertz CT molecular complexity index is 484. The topological polar surface area (TPSA) is 76.1 Å². The van der Waals surface area contributed by atoms with Crippen molar-refractivity contribution < 1.29 is 9.53 Å². The summed E-state index contributed by atoms with van der Waals surface area (Å²) in [4.78, 5) is 10.9. The van der Waals surface area contributed by atoms with Crippen LogP contribution in [0.1, 0.15) is 31.7 Å². The first-order chi connectivity index (χ1) is 9.17. The SMILES string of the molecule is CCCCCOc1ccc(C=C(C#N)C(N)=O)cc1. The quantitative estimate of drug-likeness (QED) is 0.464. The van der Waals surface area contributed by atoms with E-state index in [0.717, 1.165) is 30.6 Å². The molecule has 4 heteroatoms. The van der Waals surface area contributed by atoms with E-state index in [0.29, 0.717) is 6.61 Å². The van der Waals surface area contributed by atoms with Crippen LogP contribution in [0.2, 0.25) is 0 Å². The molecule has 1 rings (SSSR count). The molecule has 0 atom stereocenters. The average Bonchev–Trinajstić information content (AvgIpc) is 2.42. The maximum atomic E-state index is 10.9. The number of carbonyl (C=O) groups is 1. The highest BCUT2D eigenvalue weighted by molar-refractivity contribution is 6.00. The number of hydrogen-bond acceptors (Lipinski definition) is 3. The standard InChI is InChI=1S/C15H18N2O2/c1-2-3-4-9-19-14-7-5-12(6-8-14)10-13(11-16)15(17)18/h5-8,10H,2-4,9H2,1H3,(H2,17,18). The third-order valence-electron chi connectivity index (χ3n) is 2.59. The first kappa shape index (κ1) is 14.8. The van der Waals surface area contributed by atoms with Crippen LogP contribution in [0.3, 0.4) is 0 Å². The van der Waals surface area contributed by atoms with E-state index in [9.17, 15) is 4.79 Å². The molecule has 1 aromatic carbocycles. The second kappa shape index (κ2) is 7.93. The Morgan fingerprint density at radius 1 is 1.37 bits per heavy atom. The van der Waals surface area contributed by atoms with Gasteiger partial charge in [0.25, 0.3) is 5.91 Å². The van der Waals surface area contributed by atoms with E-state index in [4.69, 9.17) is 15.7 Å². The van der Waals surface area contributed by atoms with Crippen LogP contribution in [0.25, 0.3) is 6.08 Å². The molecule has 0 aromatic heterocycles. The second-order valence-corrected chi connectivity index (χ2v) is 4.16. The molecule has 0 spiro atoms. The predicted molar refractivity (Wildman–Crippen MR) is 74.2 cm³/mol. The minimum absolute atomic E-state index is 0.0587. The number of ether oxygens (including phenoxy) is 1. The van der Waals surface area contributed by atoms with Crippen LogP contribution < -0.4 is 10.5 Å². The number of unbranched alkanes of at least 4 members (excludes halogenated alkanes) is 2. The van der Waals surface area contributed by atoms with Crippen molar-refractivity contribution in [2.24, 2.45) is 5.73 Å². The number of nitriles is 1. The summed E-state index contributed by atoms with van der Waals surface area (Å²) in [5.74, 6) is 0.0632. The van der Waals surface area contributed by atoms with Crippen LogP contribution in [0.15, 0.2) is 29.8 Å². The molecule has 0 aliphatic heterocycles. The van der Waals surface area contributed by atoms with Gasteiger partial charge in [0.15, 0.2) is 0 Å². The molecule has 0 radical (unpaired) electrons. The molecule has 0 heterocycles. The maximum Gasteiger partial charge on any atom is 0.259 e. The number of rotatable bonds is 7. The Morgan fingerprint density at radius 3 is 2.58 bits per heavy atom. The maximum absolute atomic E-state index is 10.9. The monoisotopic (exact) mass is 258 g/mol. The molecule has 4 nitrogen and oxygen atoms in total. The Labute approximate surface area is 113 Å². The summed E-state index contributed by atoms with van der Waals surface area (Å²) in [6.45, 7) is 2.85. The van der Waals surface area contributed by atoms with E-state index in [1.807, 2.05) is 12.1 Å². The van der Waals surface area contributed by atoms with Crippen molar-refractivity contribution in [3.63, 3.8) is 0 Å². The van der Waals surface area contributed by atoms with Gasteiger partial charge < -0.3 is 10.5 Å². The Hall–Kier alpha value is -2.28. The third-order valence-corrected chi connectivity index (χ3v) is 2.59. The summed E-state index contributed by atoms with van der Waals surface area (Å²) in [7, 11) is 0. The molecule has 0 saturated carbocycles. The molecule has 1 amide bonds.